The Kier molecular flexibility index (Phi) is 8.20. The number of fused-ring (bicyclic) bond motifs is 1. The molecule has 41 heavy (non-hydrogen) atoms. The summed E-state index contributed by atoms with van der Waals surface area (Å²) in [5.41, 5.74) is -0.0516. The van der Waals surface area contributed by atoms with Crippen LogP contribution in [0.2, 0.25) is 0 Å². The van der Waals surface area contributed by atoms with E-state index in [0.29, 0.717) is 5.56 Å². The molecule has 1 aromatic rings. The van der Waals surface area contributed by atoms with Crippen molar-refractivity contribution in [1.29, 1.82) is 0 Å². The minimum atomic E-state index is -1.78. The van der Waals surface area contributed by atoms with Gasteiger partial charge < -0.3 is 64.2 Å². The highest BCUT2D eigenvalue weighted by molar-refractivity contribution is 5.75. The molecule has 4 aliphatic rings. The summed E-state index contributed by atoms with van der Waals surface area (Å²) in [7, 11) is 0. The molecule has 3 aliphatic heterocycles. The van der Waals surface area contributed by atoms with Gasteiger partial charge in [0.1, 0.15) is 60.0 Å². The van der Waals surface area contributed by atoms with Crippen LogP contribution in [0.5, 0.6) is 17.2 Å². The van der Waals surface area contributed by atoms with Crippen molar-refractivity contribution in [2.45, 2.75) is 68.3 Å². The second-order valence-electron chi connectivity index (χ2n) is 9.99. The van der Waals surface area contributed by atoms with Crippen molar-refractivity contribution < 1.29 is 64.2 Å². The highest BCUT2D eigenvalue weighted by Gasteiger charge is 2.47. The molecule has 14 nitrogen and oxygen atoms in total. The van der Waals surface area contributed by atoms with E-state index in [1.807, 2.05) is 0 Å². The fraction of sp³-hybridized carbons (Fsp3) is 0.444. The third-order valence-electron chi connectivity index (χ3n) is 7.08. The van der Waals surface area contributed by atoms with E-state index in [-0.39, 0.29) is 28.6 Å². The van der Waals surface area contributed by atoms with Crippen molar-refractivity contribution in [3.63, 3.8) is 0 Å². The maximum atomic E-state index is 11.9. The number of hydrogen-bond acceptors (Lipinski definition) is 14. The second kappa shape index (κ2) is 11.5. The van der Waals surface area contributed by atoms with Crippen LogP contribution in [0.25, 0.3) is 22.6 Å². The number of phenols is 2. The lowest BCUT2D eigenvalue weighted by Crippen LogP contribution is -2.61. The average molecular weight is 579 g/mol. The number of benzene rings is 2. The molecule has 14 heteroatoms. The van der Waals surface area contributed by atoms with Gasteiger partial charge in [-0.1, -0.05) is 0 Å². The van der Waals surface area contributed by atoms with Gasteiger partial charge in [-0.2, -0.15) is 0 Å². The van der Waals surface area contributed by atoms with E-state index in [0.717, 1.165) is 12.1 Å². The first-order valence-corrected chi connectivity index (χ1v) is 12.7. The van der Waals surface area contributed by atoms with E-state index in [1.54, 1.807) is 0 Å². The van der Waals surface area contributed by atoms with Gasteiger partial charge in [0.2, 0.25) is 6.29 Å². The smallest absolute Gasteiger partial charge is 0.229 e. The Hall–Kier alpha value is -3.31. The molecule has 0 bridgehead atoms. The molecule has 0 amide bonds. The predicted octanol–water partition coefficient (Wildman–Crippen LogP) is -1.15. The van der Waals surface area contributed by atoms with E-state index in [2.05, 4.69) is 0 Å². The first-order chi connectivity index (χ1) is 19.4. The largest absolute Gasteiger partial charge is 0.508 e. The van der Waals surface area contributed by atoms with Crippen molar-refractivity contribution in [2.24, 2.45) is 0 Å². The molecule has 10 atom stereocenters. The summed E-state index contributed by atoms with van der Waals surface area (Å²) in [6.07, 6.45) is -15.0. The van der Waals surface area contributed by atoms with Crippen LogP contribution < -0.4 is 10.2 Å². The SMILES string of the molecule is C[C@@H]1O[C@@H](OC[C@H]2O[C@@H](Oc3cc4c(O)cc(=O)cc-4oc3-c3ccc(O)cc3)[C@H](O)[C@@H](O)[C@@H]2O)[C@H](O)[C@H](O)[C@H]1O. The first kappa shape index (κ1) is 29.2. The number of aliphatic hydroxyl groups is 6. The third-order valence-corrected chi connectivity index (χ3v) is 7.08. The zero-order valence-electron chi connectivity index (χ0n) is 21.5. The van der Waals surface area contributed by atoms with Gasteiger partial charge in [-0.25, -0.2) is 0 Å². The van der Waals surface area contributed by atoms with E-state index in [4.69, 9.17) is 23.4 Å². The highest BCUT2D eigenvalue weighted by atomic mass is 16.7. The monoisotopic (exact) mass is 578 g/mol. The molecule has 1 aliphatic carbocycles. The number of hydrogen-bond donors (Lipinski definition) is 8. The molecule has 0 unspecified atom stereocenters. The standard InChI is InChI=1S/C27H30O14/c1-10-19(31)21(33)23(35)26(38-10)37-9-18-20(32)22(34)24(36)27(41-18)40-17-8-14-15(30)6-13(29)7-16(14)39-25(17)11-2-4-12(28)5-3-11/h2-8,10,18-24,26-28,30-36H,9H2,1H3/t10-,18+,19-,20+,21+,22-,23+,24+,26+,27+/m0/s1. The summed E-state index contributed by atoms with van der Waals surface area (Å²) >= 11 is 0. The Morgan fingerprint density at radius 2 is 1.44 bits per heavy atom. The maximum absolute atomic E-state index is 11.9. The Morgan fingerprint density at radius 3 is 2.15 bits per heavy atom. The normalized spacial score (nSPS) is 34.0. The molecule has 222 valence electrons. The number of ether oxygens (including phenoxy) is 4. The molecule has 5 rings (SSSR count). The number of phenolic OH excluding ortho intramolecular Hbond substituents is 2. The molecule has 0 radical (unpaired) electrons. The van der Waals surface area contributed by atoms with Crippen molar-refractivity contribution >= 4 is 0 Å². The molecule has 3 heterocycles. The van der Waals surface area contributed by atoms with Gasteiger partial charge >= 0.3 is 0 Å². The van der Waals surface area contributed by atoms with Crippen LogP contribution in [0.1, 0.15) is 6.92 Å². The van der Waals surface area contributed by atoms with Crippen molar-refractivity contribution in [1.82, 2.24) is 0 Å². The second-order valence-corrected chi connectivity index (χ2v) is 9.99. The summed E-state index contributed by atoms with van der Waals surface area (Å²) < 4.78 is 28.3. The van der Waals surface area contributed by atoms with E-state index in [9.17, 15) is 45.6 Å². The lowest BCUT2D eigenvalue weighted by atomic mass is 9.98. The van der Waals surface area contributed by atoms with Crippen molar-refractivity contribution in [3.8, 4) is 39.9 Å². The van der Waals surface area contributed by atoms with Gasteiger partial charge in [0, 0.05) is 17.7 Å². The Labute approximate surface area is 232 Å². The maximum Gasteiger partial charge on any atom is 0.229 e. The van der Waals surface area contributed by atoms with Crippen LogP contribution in [-0.4, -0.2) is 109 Å². The minimum absolute atomic E-state index is 0.0184. The summed E-state index contributed by atoms with van der Waals surface area (Å²) in [6, 6.07) is 9.18. The van der Waals surface area contributed by atoms with Gasteiger partial charge in [0.25, 0.3) is 0 Å². The minimum Gasteiger partial charge on any atom is -0.508 e. The van der Waals surface area contributed by atoms with Gasteiger partial charge in [-0.15, -0.1) is 0 Å². The molecule has 8 N–H and O–H groups in total. The fourth-order valence-corrected chi connectivity index (χ4v) is 4.69. The van der Waals surface area contributed by atoms with Gasteiger partial charge in [0.05, 0.1) is 18.3 Å². The zero-order valence-corrected chi connectivity index (χ0v) is 21.5. The van der Waals surface area contributed by atoms with Gasteiger partial charge in [0.15, 0.2) is 23.2 Å². The highest BCUT2D eigenvalue weighted by Crippen LogP contribution is 2.41. The quantitative estimate of drug-likeness (QED) is 0.173. The van der Waals surface area contributed by atoms with Gasteiger partial charge in [-0.05, 0) is 37.3 Å². The third kappa shape index (κ3) is 5.74. The van der Waals surface area contributed by atoms with Crippen LogP contribution in [-0.2, 0) is 14.2 Å². The number of aliphatic hydroxyl groups excluding tert-OH is 6. The molecule has 2 fully saturated rings. The van der Waals surface area contributed by atoms with E-state index >= 15 is 0 Å². The van der Waals surface area contributed by atoms with Gasteiger partial charge in [-0.3, -0.25) is 4.79 Å². The molecule has 1 aromatic carbocycles. The van der Waals surface area contributed by atoms with Crippen LogP contribution in [0.3, 0.4) is 0 Å². The summed E-state index contributed by atoms with van der Waals surface area (Å²) in [6.45, 7) is 0.962. The molecular weight excluding hydrogens is 548 g/mol. The molecule has 0 saturated carbocycles. The lowest BCUT2D eigenvalue weighted by molar-refractivity contribution is -0.318. The number of rotatable bonds is 6. The number of aromatic hydroxyl groups is 2. The predicted molar refractivity (Wildman–Crippen MR) is 136 cm³/mol. The summed E-state index contributed by atoms with van der Waals surface area (Å²) in [4.78, 5) is 11.9. The molecule has 0 spiro atoms. The Balaban J connectivity index is 1.42. The average Bonchev–Trinajstić information content (AvgIpc) is 2.94. The van der Waals surface area contributed by atoms with Crippen LogP contribution >= 0.6 is 0 Å². The summed E-state index contributed by atoms with van der Waals surface area (Å²) in [5.74, 6) is -0.498. The zero-order chi connectivity index (χ0) is 29.6. The van der Waals surface area contributed by atoms with E-state index < -0.39 is 79.2 Å². The van der Waals surface area contributed by atoms with Crippen molar-refractivity contribution in [2.75, 3.05) is 6.61 Å². The van der Waals surface area contributed by atoms with Crippen LogP contribution in [0, 0.1) is 0 Å². The van der Waals surface area contributed by atoms with E-state index in [1.165, 1.54) is 37.3 Å². The molecule has 0 aromatic heterocycles. The Bertz CT molecular complexity index is 1380. The topological polar surface area (TPSA) is 229 Å². The first-order valence-electron chi connectivity index (χ1n) is 12.7. The fourth-order valence-electron chi connectivity index (χ4n) is 4.69. The molecular formula is C27H30O14. The van der Waals surface area contributed by atoms with Crippen molar-refractivity contribution in [3.05, 3.63) is 52.7 Å². The van der Waals surface area contributed by atoms with Crippen LogP contribution in [0.15, 0.2) is 51.7 Å². The lowest BCUT2D eigenvalue weighted by Gasteiger charge is -2.42. The molecule has 2 saturated heterocycles. The summed E-state index contributed by atoms with van der Waals surface area (Å²) in [5, 5.41) is 81.8. The van der Waals surface area contributed by atoms with Crippen LogP contribution in [0.4, 0.5) is 0 Å². The Morgan fingerprint density at radius 1 is 0.780 bits per heavy atom.